The summed E-state index contributed by atoms with van der Waals surface area (Å²) in [5, 5.41) is 14.6. The van der Waals surface area contributed by atoms with Crippen LogP contribution in [0.3, 0.4) is 0 Å². The Morgan fingerprint density at radius 3 is 2.38 bits per heavy atom. The Balaban J connectivity index is 1.89. The lowest BCUT2D eigenvalue weighted by Gasteiger charge is -2.17. The molecule has 3 N–H and O–H groups in total. The first-order valence-corrected chi connectivity index (χ1v) is 6.65. The molecule has 0 aliphatic rings. The van der Waals surface area contributed by atoms with Gasteiger partial charge in [-0.25, -0.2) is 9.18 Å². The minimum atomic E-state index is -0.434. The fraction of sp³-hybridized carbons (Fsp3) is 0.188. The number of carbonyl (C=O) groups excluding carboxylic acids is 1. The molecule has 2 aromatic rings. The van der Waals surface area contributed by atoms with E-state index >= 15 is 0 Å². The number of rotatable bonds is 5. The van der Waals surface area contributed by atoms with Crippen LogP contribution in [0.1, 0.15) is 5.56 Å². The van der Waals surface area contributed by atoms with Gasteiger partial charge in [-0.05, 0) is 36.2 Å². The number of halogens is 1. The van der Waals surface area contributed by atoms with Crippen molar-refractivity contribution in [1.29, 1.82) is 0 Å². The average Bonchev–Trinajstić information content (AvgIpc) is 2.50. The fourth-order valence-electron chi connectivity index (χ4n) is 1.95. The van der Waals surface area contributed by atoms with Gasteiger partial charge in [0.1, 0.15) is 5.82 Å². The molecule has 4 nitrogen and oxygen atoms in total. The van der Waals surface area contributed by atoms with Crippen molar-refractivity contribution in [3.05, 3.63) is 66.0 Å². The first kappa shape index (κ1) is 15.0. The molecule has 0 heterocycles. The van der Waals surface area contributed by atoms with E-state index < -0.39 is 6.03 Å². The van der Waals surface area contributed by atoms with E-state index in [1.54, 1.807) is 0 Å². The summed E-state index contributed by atoms with van der Waals surface area (Å²) in [7, 11) is 0. The second-order valence-electron chi connectivity index (χ2n) is 4.67. The topological polar surface area (TPSA) is 61.4 Å². The van der Waals surface area contributed by atoms with Crippen molar-refractivity contribution < 1.29 is 14.3 Å². The number of nitrogens with one attached hydrogen (secondary N) is 2. The summed E-state index contributed by atoms with van der Waals surface area (Å²) in [6.07, 6.45) is 0.536. The first-order valence-electron chi connectivity index (χ1n) is 6.65. The molecular formula is C16H17FN2O2. The Labute approximate surface area is 122 Å². The SMILES string of the molecule is O=C(Nc1ccc(F)cc1)N[C@@H](CO)Cc1ccccc1. The standard InChI is InChI=1S/C16H17FN2O2/c17-13-6-8-14(9-7-13)18-16(21)19-15(11-20)10-12-4-2-1-3-5-12/h1-9,15,20H,10-11H2,(H2,18,19,21)/t15-/m1/s1. The highest BCUT2D eigenvalue weighted by Crippen LogP contribution is 2.08. The second-order valence-corrected chi connectivity index (χ2v) is 4.67. The van der Waals surface area contributed by atoms with Crippen LogP contribution in [0.4, 0.5) is 14.9 Å². The van der Waals surface area contributed by atoms with Crippen LogP contribution < -0.4 is 10.6 Å². The number of hydrogen-bond donors (Lipinski definition) is 3. The van der Waals surface area contributed by atoms with Gasteiger partial charge < -0.3 is 15.7 Å². The summed E-state index contributed by atoms with van der Waals surface area (Å²) >= 11 is 0. The highest BCUT2D eigenvalue weighted by atomic mass is 19.1. The quantitative estimate of drug-likeness (QED) is 0.792. The van der Waals surface area contributed by atoms with Crippen molar-refractivity contribution in [2.45, 2.75) is 12.5 Å². The number of aliphatic hydroxyl groups excluding tert-OH is 1. The minimum Gasteiger partial charge on any atom is -0.394 e. The number of carbonyl (C=O) groups is 1. The predicted octanol–water partition coefficient (Wildman–Crippen LogP) is 2.55. The van der Waals surface area contributed by atoms with Crippen molar-refractivity contribution in [1.82, 2.24) is 5.32 Å². The molecule has 1 atom stereocenters. The summed E-state index contributed by atoms with van der Waals surface area (Å²) in [6, 6.07) is 14.2. The van der Waals surface area contributed by atoms with Crippen molar-refractivity contribution in [2.24, 2.45) is 0 Å². The molecule has 0 aromatic heterocycles. The van der Waals surface area contributed by atoms with Crippen LogP contribution in [-0.2, 0) is 6.42 Å². The zero-order valence-electron chi connectivity index (χ0n) is 11.4. The molecule has 0 spiro atoms. The zero-order valence-corrected chi connectivity index (χ0v) is 11.4. The normalized spacial score (nSPS) is 11.7. The van der Waals surface area contributed by atoms with Gasteiger partial charge in [-0.2, -0.15) is 0 Å². The predicted molar refractivity (Wildman–Crippen MR) is 79.6 cm³/mol. The molecule has 0 bridgehead atoms. The molecule has 0 aliphatic carbocycles. The van der Waals surface area contributed by atoms with Crippen molar-refractivity contribution >= 4 is 11.7 Å². The lowest BCUT2D eigenvalue weighted by Crippen LogP contribution is -2.41. The summed E-state index contributed by atoms with van der Waals surface area (Å²) in [5.41, 5.74) is 1.52. The molecule has 2 rings (SSSR count). The monoisotopic (exact) mass is 288 g/mol. The number of benzene rings is 2. The third kappa shape index (κ3) is 4.89. The van der Waals surface area contributed by atoms with Gasteiger partial charge in [-0.15, -0.1) is 0 Å². The van der Waals surface area contributed by atoms with Gasteiger partial charge in [0.15, 0.2) is 0 Å². The lowest BCUT2D eigenvalue weighted by atomic mass is 10.1. The minimum absolute atomic E-state index is 0.161. The van der Waals surface area contributed by atoms with E-state index in [0.717, 1.165) is 5.56 Å². The van der Waals surface area contributed by atoms with Crippen LogP contribution in [0.15, 0.2) is 54.6 Å². The van der Waals surface area contributed by atoms with Crippen LogP contribution in [0.5, 0.6) is 0 Å². The van der Waals surface area contributed by atoms with Gasteiger partial charge in [-0.1, -0.05) is 30.3 Å². The summed E-state index contributed by atoms with van der Waals surface area (Å²) in [6.45, 7) is -0.161. The molecule has 21 heavy (non-hydrogen) atoms. The van der Waals surface area contributed by atoms with E-state index in [9.17, 15) is 14.3 Å². The Bertz CT molecular complexity index is 573. The number of amides is 2. The second kappa shape index (κ2) is 7.40. The molecule has 0 radical (unpaired) electrons. The molecular weight excluding hydrogens is 271 g/mol. The first-order chi connectivity index (χ1) is 10.2. The van der Waals surface area contributed by atoms with Gasteiger partial charge in [0.25, 0.3) is 0 Å². The van der Waals surface area contributed by atoms with Crippen LogP contribution >= 0.6 is 0 Å². The van der Waals surface area contributed by atoms with Gasteiger partial charge in [0.05, 0.1) is 12.6 Å². The number of aliphatic hydroxyl groups is 1. The molecule has 0 saturated carbocycles. The molecule has 2 amide bonds. The van der Waals surface area contributed by atoms with Crippen molar-refractivity contribution in [3.63, 3.8) is 0 Å². The highest BCUT2D eigenvalue weighted by Gasteiger charge is 2.12. The third-order valence-corrected chi connectivity index (χ3v) is 2.98. The van der Waals surface area contributed by atoms with E-state index in [2.05, 4.69) is 10.6 Å². The fourth-order valence-corrected chi connectivity index (χ4v) is 1.95. The number of hydrogen-bond acceptors (Lipinski definition) is 2. The Kier molecular flexibility index (Phi) is 5.29. The van der Waals surface area contributed by atoms with Crippen LogP contribution in [0, 0.1) is 5.82 Å². The van der Waals surface area contributed by atoms with Crippen LogP contribution in [0.25, 0.3) is 0 Å². The molecule has 0 saturated heterocycles. The average molecular weight is 288 g/mol. The molecule has 5 heteroatoms. The van der Waals surface area contributed by atoms with Crippen LogP contribution in [0.2, 0.25) is 0 Å². The maximum absolute atomic E-state index is 12.8. The molecule has 0 aliphatic heterocycles. The molecule has 2 aromatic carbocycles. The number of urea groups is 1. The highest BCUT2D eigenvalue weighted by molar-refractivity contribution is 5.89. The summed E-state index contributed by atoms with van der Waals surface area (Å²) in [5.74, 6) is -0.363. The maximum atomic E-state index is 12.8. The molecule has 110 valence electrons. The van der Waals surface area contributed by atoms with E-state index in [-0.39, 0.29) is 18.5 Å². The third-order valence-electron chi connectivity index (χ3n) is 2.98. The molecule has 0 fully saturated rings. The van der Waals surface area contributed by atoms with E-state index in [1.807, 2.05) is 30.3 Å². The van der Waals surface area contributed by atoms with E-state index in [1.165, 1.54) is 24.3 Å². The maximum Gasteiger partial charge on any atom is 0.319 e. The van der Waals surface area contributed by atoms with Gasteiger partial charge in [-0.3, -0.25) is 0 Å². The lowest BCUT2D eigenvalue weighted by molar-refractivity contribution is 0.224. The Morgan fingerprint density at radius 1 is 1.10 bits per heavy atom. The Hall–Kier alpha value is -2.40. The van der Waals surface area contributed by atoms with E-state index in [0.29, 0.717) is 12.1 Å². The van der Waals surface area contributed by atoms with Gasteiger partial charge in [0, 0.05) is 5.69 Å². The van der Waals surface area contributed by atoms with Crippen LogP contribution in [-0.4, -0.2) is 23.8 Å². The number of anilines is 1. The van der Waals surface area contributed by atoms with E-state index in [4.69, 9.17) is 0 Å². The molecule has 0 unspecified atom stereocenters. The van der Waals surface area contributed by atoms with Crippen molar-refractivity contribution in [2.75, 3.05) is 11.9 Å². The Morgan fingerprint density at radius 2 is 1.76 bits per heavy atom. The van der Waals surface area contributed by atoms with Gasteiger partial charge >= 0.3 is 6.03 Å². The largest absolute Gasteiger partial charge is 0.394 e. The van der Waals surface area contributed by atoms with Crippen molar-refractivity contribution in [3.8, 4) is 0 Å². The van der Waals surface area contributed by atoms with Gasteiger partial charge in [0.2, 0.25) is 0 Å². The zero-order chi connectivity index (χ0) is 15.1. The smallest absolute Gasteiger partial charge is 0.319 e. The summed E-state index contributed by atoms with van der Waals surface area (Å²) in [4.78, 5) is 11.8. The summed E-state index contributed by atoms with van der Waals surface area (Å²) < 4.78 is 12.8.